The van der Waals surface area contributed by atoms with E-state index >= 15 is 0 Å². The average molecular weight is 565 g/mol. The fraction of sp³-hybridized carbons (Fsp3) is 1.00. The molecule has 3 aliphatic heterocycles. The van der Waals surface area contributed by atoms with E-state index in [1.165, 1.54) is 38.5 Å². The molecule has 4 saturated carbocycles. The second kappa shape index (κ2) is 10.1. The van der Waals surface area contributed by atoms with Gasteiger partial charge in [-0.1, -0.05) is 20.8 Å². The molecular weight excluding hydrogens is 512 g/mol. The number of rotatable bonds is 3. The van der Waals surface area contributed by atoms with Crippen LogP contribution in [0.2, 0.25) is 0 Å². The van der Waals surface area contributed by atoms with Crippen molar-refractivity contribution in [2.24, 2.45) is 46.3 Å². The lowest BCUT2D eigenvalue weighted by Crippen LogP contribution is -2.60. The zero-order valence-corrected chi connectivity index (χ0v) is 24.6. The molecule has 0 radical (unpaired) electrons. The van der Waals surface area contributed by atoms with Crippen molar-refractivity contribution in [3.63, 3.8) is 0 Å². The highest BCUT2D eigenvalue weighted by Gasteiger charge is 2.66. The molecule has 7 fully saturated rings. The summed E-state index contributed by atoms with van der Waals surface area (Å²) in [6, 6.07) is 0. The number of aliphatic hydroxyl groups is 4. The summed E-state index contributed by atoms with van der Waals surface area (Å²) in [6.07, 6.45) is 6.83. The summed E-state index contributed by atoms with van der Waals surface area (Å²) in [5.41, 5.74) is 0.649. The molecule has 3 heterocycles. The topological polar surface area (TPSA) is 118 Å². The molecule has 15 unspecified atom stereocenters. The maximum atomic E-state index is 10.5. The van der Waals surface area contributed by atoms with Crippen LogP contribution in [-0.4, -0.2) is 82.3 Å². The first-order chi connectivity index (χ1) is 19.1. The van der Waals surface area contributed by atoms with Crippen molar-refractivity contribution in [2.45, 2.75) is 140 Å². The van der Waals surface area contributed by atoms with E-state index in [0.717, 1.165) is 56.5 Å². The predicted molar refractivity (Wildman–Crippen MR) is 146 cm³/mol. The van der Waals surface area contributed by atoms with Crippen LogP contribution in [0.25, 0.3) is 0 Å². The van der Waals surface area contributed by atoms with E-state index in [2.05, 4.69) is 20.8 Å². The van der Waals surface area contributed by atoms with Crippen molar-refractivity contribution in [1.82, 2.24) is 0 Å². The lowest BCUT2D eigenvalue weighted by atomic mass is 9.44. The molecule has 8 nitrogen and oxygen atoms in total. The molecule has 40 heavy (non-hydrogen) atoms. The van der Waals surface area contributed by atoms with Crippen molar-refractivity contribution >= 4 is 0 Å². The van der Waals surface area contributed by atoms with Crippen LogP contribution in [0.1, 0.15) is 91.4 Å². The third kappa shape index (κ3) is 4.29. The largest absolute Gasteiger partial charge is 0.394 e. The highest BCUT2D eigenvalue weighted by Crippen LogP contribution is 2.70. The first-order valence-electron chi connectivity index (χ1n) is 16.3. The van der Waals surface area contributed by atoms with Crippen LogP contribution in [0.3, 0.4) is 0 Å². The van der Waals surface area contributed by atoms with Crippen molar-refractivity contribution in [2.75, 3.05) is 13.2 Å². The Labute approximate surface area is 239 Å². The van der Waals surface area contributed by atoms with Gasteiger partial charge in [0, 0.05) is 12.8 Å². The molecule has 0 aromatic rings. The average Bonchev–Trinajstić information content (AvgIpc) is 3.43. The fourth-order valence-corrected chi connectivity index (χ4v) is 11.1. The Balaban J connectivity index is 1.01. The summed E-state index contributed by atoms with van der Waals surface area (Å²) in [5, 5.41) is 40.4. The van der Waals surface area contributed by atoms with Gasteiger partial charge in [0.25, 0.3) is 0 Å². The van der Waals surface area contributed by atoms with Gasteiger partial charge in [0.1, 0.15) is 24.4 Å². The van der Waals surface area contributed by atoms with E-state index in [1.54, 1.807) is 0 Å². The molecule has 4 N–H and O–H groups in total. The van der Waals surface area contributed by atoms with Crippen LogP contribution in [0, 0.1) is 46.3 Å². The third-order valence-electron chi connectivity index (χ3n) is 13.6. The minimum atomic E-state index is -1.39. The maximum Gasteiger partial charge on any atom is 0.186 e. The highest BCUT2D eigenvalue weighted by molar-refractivity contribution is 5.14. The van der Waals surface area contributed by atoms with E-state index < -0.39 is 37.3 Å². The standard InChI is InChI=1S/C32H52O8/c1-17-6-11-32(37-16-17)14-23-24(40-32)13-22-20-5-4-18-12-19(7-9-30(18,2)21(20)8-10-31(22,23)3)38-29-28(36)27(35)26(34)25(15-33)39-29/h17-29,33-36H,4-16H2,1-3H3/t17?,18-,19?,20?,21?,22?,23?,24?,25?,26?,27?,28?,29?,30?,31?,32?/m1/s1. The molecule has 1 spiro atoms. The molecule has 16 atom stereocenters. The summed E-state index contributed by atoms with van der Waals surface area (Å²) in [5.74, 6) is 3.76. The molecule has 0 aromatic carbocycles. The fourth-order valence-electron chi connectivity index (χ4n) is 11.1. The molecule has 7 rings (SSSR count). The highest BCUT2D eigenvalue weighted by atomic mass is 16.7. The van der Waals surface area contributed by atoms with Crippen LogP contribution in [0.5, 0.6) is 0 Å². The van der Waals surface area contributed by atoms with E-state index in [9.17, 15) is 20.4 Å². The Hall–Kier alpha value is -0.320. The smallest absolute Gasteiger partial charge is 0.186 e. The van der Waals surface area contributed by atoms with Gasteiger partial charge in [0.05, 0.1) is 25.4 Å². The van der Waals surface area contributed by atoms with Crippen molar-refractivity contribution in [3.8, 4) is 0 Å². The molecule has 4 aliphatic carbocycles. The predicted octanol–water partition coefficient (Wildman–Crippen LogP) is 3.37. The minimum Gasteiger partial charge on any atom is -0.394 e. The van der Waals surface area contributed by atoms with Gasteiger partial charge in [-0.15, -0.1) is 0 Å². The number of hydrogen-bond donors (Lipinski definition) is 4. The zero-order valence-electron chi connectivity index (χ0n) is 24.6. The van der Waals surface area contributed by atoms with Crippen molar-refractivity contribution < 1.29 is 39.4 Å². The SMILES string of the molecule is CC1CCC2(CC3C(CC4C5CC[C@@H]6CC(OC7OC(CO)C(O)C(O)C7O)CCC6(C)C5CCC34C)O2)OC1. The zero-order chi connectivity index (χ0) is 28.0. The van der Waals surface area contributed by atoms with Gasteiger partial charge in [0.2, 0.25) is 0 Å². The Morgan fingerprint density at radius 2 is 1.62 bits per heavy atom. The molecule has 7 aliphatic rings. The van der Waals surface area contributed by atoms with Crippen LogP contribution in [-0.2, 0) is 18.9 Å². The van der Waals surface area contributed by atoms with Gasteiger partial charge in [-0.05, 0) is 104 Å². The summed E-state index contributed by atoms with van der Waals surface area (Å²) < 4.78 is 25.1. The van der Waals surface area contributed by atoms with Crippen LogP contribution >= 0.6 is 0 Å². The number of aliphatic hydroxyl groups excluding tert-OH is 4. The number of hydrogen-bond acceptors (Lipinski definition) is 8. The number of ether oxygens (including phenoxy) is 4. The second-order valence-electron chi connectivity index (χ2n) is 15.5. The summed E-state index contributed by atoms with van der Waals surface area (Å²) in [7, 11) is 0. The van der Waals surface area contributed by atoms with Crippen LogP contribution < -0.4 is 0 Å². The summed E-state index contributed by atoms with van der Waals surface area (Å²) in [4.78, 5) is 0. The van der Waals surface area contributed by atoms with E-state index in [0.29, 0.717) is 34.7 Å². The summed E-state index contributed by atoms with van der Waals surface area (Å²) in [6.45, 7) is 7.82. The van der Waals surface area contributed by atoms with Gasteiger partial charge in [-0.3, -0.25) is 0 Å². The van der Waals surface area contributed by atoms with E-state index in [-0.39, 0.29) is 11.9 Å². The summed E-state index contributed by atoms with van der Waals surface area (Å²) >= 11 is 0. The molecule has 8 heteroatoms. The minimum absolute atomic E-state index is 0.0569. The Kier molecular flexibility index (Phi) is 7.20. The first-order valence-corrected chi connectivity index (χ1v) is 16.3. The maximum absolute atomic E-state index is 10.5. The van der Waals surface area contributed by atoms with Crippen molar-refractivity contribution in [1.29, 1.82) is 0 Å². The van der Waals surface area contributed by atoms with Gasteiger partial charge >= 0.3 is 0 Å². The lowest BCUT2D eigenvalue weighted by molar-refractivity contribution is -0.316. The monoisotopic (exact) mass is 564 g/mol. The Morgan fingerprint density at radius 1 is 0.825 bits per heavy atom. The molecule has 0 amide bonds. The number of fused-ring (bicyclic) bond motifs is 7. The third-order valence-corrected chi connectivity index (χ3v) is 13.6. The normalized spacial score (nSPS) is 59.6. The Bertz CT molecular complexity index is 936. The van der Waals surface area contributed by atoms with E-state index in [4.69, 9.17) is 18.9 Å². The molecule has 228 valence electrons. The van der Waals surface area contributed by atoms with Crippen LogP contribution in [0.4, 0.5) is 0 Å². The van der Waals surface area contributed by atoms with Gasteiger partial charge in [-0.25, -0.2) is 0 Å². The molecule has 0 aromatic heterocycles. The van der Waals surface area contributed by atoms with Gasteiger partial charge in [-0.2, -0.15) is 0 Å². The molecule has 3 saturated heterocycles. The van der Waals surface area contributed by atoms with E-state index in [1.807, 2.05) is 0 Å². The Morgan fingerprint density at radius 3 is 2.38 bits per heavy atom. The second-order valence-corrected chi connectivity index (χ2v) is 15.5. The van der Waals surface area contributed by atoms with Crippen LogP contribution in [0.15, 0.2) is 0 Å². The molecule has 0 bridgehead atoms. The lowest BCUT2D eigenvalue weighted by Gasteiger charge is -2.61. The first kappa shape index (κ1) is 28.5. The molecular formula is C32H52O8. The quantitative estimate of drug-likeness (QED) is 0.386. The van der Waals surface area contributed by atoms with Gasteiger partial charge < -0.3 is 39.4 Å². The van der Waals surface area contributed by atoms with Crippen molar-refractivity contribution in [3.05, 3.63) is 0 Å². The van der Waals surface area contributed by atoms with Gasteiger partial charge in [0.15, 0.2) is 12.1 Å².